The van der Waals surface area contributed by atoms with Crippen LogP contribution in [-0.2, 0) is 0 Å². The van der Waals surface area contributed by atoms with E-state index in [1.807, 2.05) is 26.2 Å². The van der Waals surface area contributed by atoms with E-state index in [4.69, 9.17) is 21.4 Å². The number of pyridine rings is 1. The number of aromatic nitrogens is 4. The van der Waals surface area contributed by atoms with Crippen LogP contribution >= 0.6 is 11.6 Å². The molecule has 35 heavy (non-hydrogen) atoms. The number of rotatable bonds is 5. The smallest absolute Gasteiger partial charge is 0.142 e. The van der Waals surface area contributed by atoms with Gasteiger partial charge in [-0.2, -0.15) is 5.10 Å². The largest absolute Gasteiger partial charge is 0.496 e. The van der Waals surface area contributed by atoms with E-state index in [0.717, 1.165) is 64.8 Å². The summed E-state index contributed by atoms with van der Waals surface area (Å²) in [5.74, 6) is -0.146. The molecule has 0 aliphatic heterocycles. The molecule has 0 unspecified atom stereocenters. The first-order valence-electron chi connectivity index (χ1n) is 12.0. The molecule has 8 heteroatoms. The molecule has 1 aromatic carbocycles. The van der Waals surface area contributed by atoms with Gasteiger partial charge in [-0.3, -0.25) is 4.68 Å². The van der Waals surface area contributed by atoms with Crippen LogP contribution in [0.3, 0.4) is 0 Å². The Balaban J connectivity index is 1.57. The van der Waals surface area contributed by atoms with E-state index in [2.05, 4.69) is 27.6 Å². The maximum atomic E-state index is 14.3. The summed E-state index contributed by atoms with van der Waals surface area (Å²) in [6, 6.07) is 5.35. The summed E-state index contributed by atoms with van der Waals surface area (Å²) in [6.45, 7) is 6.12. The van der Waals surface area contributed by atoms with Crippen molar-refractivity contribution in [3.63, 3.8) is 0 Å². The highest BCUT2D eigenvalue weighted by Gasteiger charge is 2.26. The fourth-order valence-corrected chi connectivity index (χ4v) is 5.86. The van der Waals surface area contributed by atoms with Gasteiger partial charge in [0, 0.05) is 46.1 Å². The van der Waals surface area contributed by atoms with Gasteiger partial charge in [-0.1, -0.05) is 18.5 Å². The number of H-pyrrole nitrogens is 1. The van der Waals surface area contributed by atoms with Crippen LogP contribution in [0.4, 0.5) is 4.39 Å². The molecule has 0 spiro atoms. The second-order valence-electron chi connectivity index (χ2n) is 9.52. The Morgan fingerprint density at radius 3 is 2.69 bits per heavy atom. The van der Waals surface area contributed by atoms with E-state index in [0.29, 0.717) is 17.4 Å². The van der Waals surface area contributed by atoms with E-state index in [1.165, 1.54) is 6.07 Å². The number of methoxy groups -OCH3 is 1. The van der Waals surface area contributed by atoms with Gasteiger partial charge in [0.2, 0.25) is 0 Å². The number of aryl methyl sites for hydroxylation is 1. The molecule has 1 atom stereocenters. The average Bonchev–Trinajstić information content (AvgIpc) is 3.40. The van der Waals surface area contributed by atoms with Crippen molar-refractivity contribution in [3.8, 4) is 16.9 Å². The number of aromatic amines is 1. The zero-order chi connectivity index (χ0) is 24.9. The number of nitrogens with zero attached hydrogens (tertiary/aromatic N) is 3. The predicted molar refractivity (Wildman–Crippen MR) is 136 cm³/mol. The zero-order valence-electron chi connectivity index (χ0n) is 20.4. The molecule has 0 radical (unpaired) electrons. The number of hydrogen-bond acceptors (Lipinski definition) is 4. The number of halogens is 2. The van der Waals surface area contributed by atoms with Crippen LogP contribution in [0.5, 0.6) is 5.75 Å². The fraction of sp³-hybridized carbons (Fsp3) is 0.407. The second kappa shape index (κ2) is 9.28. The van der Waals surface area contributed by atoms with E-state index in [1.54, 1.807) is 13.2 Å². The fourth-order valence-electron chi connectivity index (χ4n) is 5.54. The van der Waals surface area contributed by atoms with Crippen LogP contribution in [0.2, 0.25) is 5.02 Å². The lowest BCUT2D eigenvalue weighted by Gasteiger charge is -2.26. The molecule has 2 N–H and O–H groups in total. The minimum atomic E-state index is -0.470. The summed E-state index contributed by atoms with van der Waals surface area (Å²) in [6.07, 6.45) is 7.04. The van der Waals surface area contributed by atoms with Crippen molar-refractivity contribution in [2.45, 2.75) is 64.5 Å². The molecule has 3 aromatic heterocycles. The van der Waals surface area contributed by atoms with Crippen molar-refractivity contribution in [3.05, 3.63) is 63.9 Å². The van der Waals surface area contributed by atoms with E-state index in [-0.39, 0.29) is 17.0 Å². The lowest BCUT2D eigenvalue weighted by molar-refractivity contribution is 0.107. The SMILES string of the molecule is COc1ccc(F)c(Cl)c1[C@@H](C)c1c[nH]c2ncc(-c3c(C)nn(C4CCC(O)CC4)c3C)cc12. The number of benzene rings is 1. The highest BCUT2D eigenvalue weighted by molar-refractivity contribution is 6.31. The van der Waals surface area contributed by atoms with Gasteiger partial charge in [0.25, 0.3) is 0 Å². The molecule has 5 rings (SSSR count). The lowest BCUT2D eigenvalue weighted by atomic mass is 9.91. The zero-order valence-corrected chi connectivity index (χ0v) is 21.2. The van der Waals surface area contributed by atoms with Crippen molar-refractivity contribution >= 4 is 22.6 Å². The van der Waals surface area contributed by atoms with Crippen LogP contribution in [0.1, 0.15) is 67.1 Å². The Morgan fingerprint density at radius 1 is 1.23 bits per heavy atom. The minimum absolute atomic E-state index is 0.0703. The lowest BCUT2D eigenvalue weighted by Crippen LogP contribution is -2.22. The van der Waals surface area contributed by atoms with E-state index < -0.39 is 5.82 Å². The molecule has 1 aliphatic rings. The van der Waals surface area contributed by atoms with Crippen molar-refractivity contribution in [2.75, 3.05) is 7.11 Å². The van der Waals surface area contributed by atoms with Crippen molar-refractivity contribution in [1.82, 2.24) is 19.7 Å². The summed E-state index contributed by atoms with van der Waals surface area (Å²) < 4.78 is 22.0. The second-order valence-corrected chi connectivity index (χ2v) is 9.89. The molecule has 3 heterocycles. The molecule has 1 saturated carbocycles. The van der Waals surface area contributed by atoms with Gasteiger partial charge in [0.1, 0.15) is 17.2 Å². The third kappa shape index (κ3) is 4.10. The number of hydrogen-bond donors (Lipinski definition) is 2. The quantitative estimate of drug-likeness (QED) is 0.332. The van der Waals surface area contributed by atoms with Crippen LogP contribution < -0.4 is 4.74 Å². The molecular formula is C27H30ClFN4O2. The summed E-state index contributed by atoms with van der Waals surface area (Å²) in [4.78, 5) is 7.93. The third-order valence-corrected chi connectivity index (χ3v) is 7.79. The number of fused-ring (bicyclic) bond motifs is 1. The molecule has 184 valence electrons. The number of nitrogens with one attached hydrogen (secondary N) is 1. The summed E-state index contributed by atoms with van der Waals surface area (Å²) in [7, 11) is 1.56. The molecule has 1 fully saturated rings. The van der Waals surface area contributed by atoms with Gasteiger partial charge in [-0.15, -0.1) is 0 Å². The monoisotopic (exact) mass is 496 g/mol. The predicted octanol–water partition coefficient (Wildman–Crippen LogP) is 6.47. The van der Waals surface area contributed by atoms with Crippen LogP contribution in [0.25, 0.3) is 22.2 Å². The Morgan fingerprint density at radius 2 is 1.97 bits per heavy atom. The maximum Gasteiger partial charge on any atom is 0.142 e. The van der Waals surface area contributed by atoms with Crippen molar-refractivity contribution < 1.29 is 14.2 Å². The normalized spacial score (nSPS) is 19.3. The van der Waals surface area contributed by atoms with Gasteiger partial charge < -0.3 is 14.8 Å². The first-order chi connectivity index (χ1) is 16.8. The molecule has 0 saturated heterocycles. The third-order valence-electron chi connectivity index (χ3n) is 7.40. The van der Waals surface area contributed by atoms with Crippen molar-refractivity contribution in [2.24, 2.45) is 0 Å². The number of aliphatic hydroxyl groups excluding tert-OH is 1. The molecular weight excluding hydrogens is 467 g/mol. The summed E-state index contributed by atoms with van der Waals surface area (Å²) >= 11 is 6.39. The van der Waals surface area contributed by atoms with Gasteiger partial charge in [-0.05, 0) is 63.3 Å². The molecule has 4 aromatic rings. The topological polar surface area (TPSA) is 76.0 Å². The van der Waals surface area contributed by atoms with Gasteiger partial charge in [-0.25, -0.2) is 9.37 Å². The van der Waals surface area contributed by atoms with E-state index in [9.17, 15) is 9.50 Å². The van der Waals surface area contributed by atoms with Crippen LogP contribution in [0, 0.1) is 19.7 Å². The van der Waals surface area contributed by atoms with Gasteiger partial charge in [0.15, 0.2) is 0 Å². The molecule has 0 bridgehead atoms. The highest BCUT2D eigenvalue weighted by Crippen LogP contribution is 2.41. The molecule has 6 nitrogen and oxygen atoms in total. The van der Waals surface area contributed by atoms with Crippen LogP contribution in [0.15, 0.2) is 30.6 Å². The molecule has 1 aliphatic carbocycles. The minimum Gasteiger partial charge on any atom is -0.496 e. The Labute approximate surface area is 209 Å². The highest BCUT2D eigenvalue weighted by atomic mass is 35.5. The maximum absolute atomic E-state index is 14.3. The van der Waals surface area contributed by atoms with Crippen molar-refractivity contribution in [1.29, 1.82) is 0 Å². The Hall–Kier alpha value is -2.90. The first kappa shape index (κ1) is 23.8. The van der Waals surface area contributed by atoms with Gasteiger partial charge in [0.05, 0.1) is 30.0 Å². The summed E-state index contributed by atoms with van der Waals surface area (Å²) in [5.41, 5.74) is 6.45. The number of aliphatic hydroxyl groups is 1. The first-order valence-corrected chi connectivity index (χ1v) is 12.4. The summed E-state index contributed by atoms with van der Waals surface area (Å²) in [5, 5.41) is 15.8. The number of ether oxygens (including phenoxy) is 1. The van der Waals surface area contributed by atoms with Gasteiger partial charge >= 0.3 is 0 Å². The Bertz CT molecular complexity index is 1390. The average molecular weight is 497 g/mol. The standard InChI is InChI=1S/C27H30ClFN4O2/c1-14(24-23(35-4)10-9-22(29)26(24)28)21-13-31-27-20(21)11-17(12-30-27)25-15(2)32-33(16(25)3)18-5-7-19(34)8-6-18/h9-14,18-19,34H,5-8H2,1-4H3,(H,30,31)/t14-,18?,19?/m0/s1. The Kier molecular flexibility index (Phi) is 6.32. The van der Waals surface area contributed by atoms with E-state index >= 15 is 0 Å². The molecule has 0 amide bonds. The van der Waals surface area contributed by atoms with Crippen LogP contribution in [-0.4, -0.2) is 38.1 Å².